The summed E-state index contributed by atoms with van der Waals surface area (Å²) in [7, 11) is 1.58. The monoisotopic (exact) mass is 272 g/mol. The Bertz CT molecular complexity index is 558. The van der Waals surface area contributed by atoms with Crippen LogP contribution in [0.3, 0.4) is 0 Å². The van der Waals surface area contributed by atoms with Gasteiger partial charge in [-0.2, -0.15) is 0 Å². The standard InChI is InChI=1S/C16H20N2O2/c1-11(13-6-8-17-9-7-13)18-12(2)15-5-4-14(20-3)10-16(15)19/h4-12,18-19H,1-3H3/t11-,12?/m0/s1. The summed E-state index contributed by atoms with van der Waals surface area (Å²) >= 11 is 0. The second-order valence-corrected chi connectivity index (χ2v) is 4.82. The third-order valence-electron chi connectivity index (χ3n) is 3.41. The summed E-state index contributed by atoms with van der Waals surface area (Å²) in [5.41, 5.74) is 2.02. The molecule has 0 spiro atoms. The minimum absolute atomic E-state index is 0.0315. The fourth-order valence-electron chi connectivity index (χ4n) is 2.23. The Morgan fingerprint density at radius 2 is 1.80 bits per heavy atom. The second-order valence-electron chi connectivity index (χ2n) is 4.82. The van der Waals surface area contributed by atoms with Gasteiger partial charge in [0, 0.05) is 36.1 Å². The Labute approximate surface area is 119 Å². The van der Waals surface area contributed by atoms with Crippen molar-refractivity contribution in [3.8, 4) is 11.5 Å². The molecule has 0 saturated heterocycles. The highest BCUT2D eigenvalue weighted by Crippen LogP contribution is 2.29. The van der Waals surface area contributed by atoms with E-state index in [1.807, 2.05) is 31.2 Å². The molecular formula is C16H20N2O2. The molecule has 20 heavy (non-hydrogen) atoms. The number of nitrogens with one attached hydrogen (secondary N) is 1. The lowest BCUT2D eigenvalue weighted by molar-refractivity contribution is 0.402. The van der Waals surface area contributed by atoms with E-state index in [1.54, 1.807) is 25.6 Å². The highest BCUT2D eigenvalue weighted by molar-refractivity contribution is 5.41. The number of nitrogens with zero attached hydrogens (tertiary/aromatic N) is 1. The first-order valence-electron chi connectivity index (χ1n) is 6.64. The van der Waals surface area contributed by atoms with Gasteiger partial charge in [-0.15, -0.1) is 0 Å². The van der Waals surface area contributed by atoms with Gasteiger partial charge >= 0.3 is 0 Å². The van der Waals surface area contributed by atoms with Gasteiger partial charge < -0.3 is 15.2 Å². The molecule has 0 aliphatic carbocycles. The van der Waals surface area contributed by atoms with Gasteiger partial charge in [-0.3, -0.25) is 4.98 Å². The van der Waals surface area contributed by atoms with Crippen molar-refractivity contribution >= 4 is 0 Å². The highest BCUT2D eigenvalue weighted by atomic mass is 16.5. The van der Waals surface area contributed by atoms with Crippen LogP contribution in [-0.2, 0) is 0 Å². The van der Waals surface area contributed by atoms with E-state index in [-0.39, 0.29) is 17.8 Å². The van der Waals surface area contributed by atoms with Crippen LogP contribution in [0.2, 0.25) is 0 Å². The summed E-state index contributed by atoms with van der Waals surface area (Å²) in [6.07, 6.45) is 3.56. The number of benzene rings is 1. The average Bonchev–Trinajstić information content (AvgIpc) is 2.47. The summed E-state index contributed by atoms with van der Waals surface area (Å²) in [5, 5.41) is 13.5. The van der Waals surface area contributed by atoms with E-state index in [1.165, 1.54) is 5.56 Å². The number of aromatic nitrogens is 1. The lowest BCUT2D eigenvalue weighted by Crippen LogP contribution is -2.22. The van der Waals surface area contributed by atoms with Crippen molar-refractivity contribution in [1.29, 1.82) is 0 Å². The molecule has 2 aromatic rings. The molecule has 0 radical (unpaired) electrons. The van der Waals surface area contributed by atoms with Gasteiger partial charge in [-0.05, 0) is 37.6 Å². The predicted octanol–water partition coefficient (Wildman–Crippen LogP) is 3.21. The maximum absolute atomic E-state index is 10.0. The molecule has 0 fully saturated rings. The number of methoxy groups -OCH3 is 1. The van der Waals surface area contributed by atoms with Crippen LogP contribution in [0.25, 0.3) is 0 Å². The fraction of sp³-hybridized carbons (Fsp3) is 0.312. The molecule has 1 unspecified atom stereocenters. The molecule has 106 valence electrons. The predicted molar refractivity (Wildman–Crippen MR) is 78.9 cm³/mol. The molecule has 1 aromatic carbocycles. The fourth-order valence-corrected chi connectivity index (χ4v) is 2.23. The lowest BCUT2D eigenvalue weighted by atomic mass is 10.0. The number of hydrogen-bond donors (Lipinski definition) is 2. The van der Waals surface area contributed by atoms with Crippen molar-refractivity contribution in [1.82, 2.24) is 10.3 Å². The van der Waals surface area contributed by atoms with Crippen LogP contribution in [0.1, 0.15) is 37.1 Å². The zero-order valence-corrected chi connectivity index (χ0v) is 12.0. The van der Waals surface area contributed by atoms with Crippen LogP contribution in [0.4, 0.5) is 0 Å². The smallest absolute Gasteiger partial charge is 0.124 e. The van der Waals surface area contributed by atoms with Crippen LogP contribution < -0.4 is 10.1 Å². The first kappa shape index (κ1) is 14.3. The van der Waals surface area contributed by atoms with Crippen molar-refractivity contribution in [2.75, 3.05) is 7.11 Å². The van der Waals surface area contributed by atoms with Crippen molar-refractivity contribution in [3.05, 3.63) is 53.9 Å². The number of aromatic hydroxyl groups is 1. The van der Waals surface area contributed by atoms with Gasteiger partial charge in [0.05, 0.1) is 7.11 Å². The third-order valence-corrected chi connectivity index (χ3v) is 3.41. The zero-order valence-electron chi connectivity index (χ0n) is 12.0. The molecule has 4 heteroatoms. The third kappa shape index (κ3) is 3.27. The van der Waals surface area contributed by atoms with Crippen molar-refractivity contribution in [3.63, 3.8) is 0 Å². The van der Waals surface area contributed by atoms with E-state index in [2.05, 4.69) is 17.2 Å². The summed E-state index contributed by atoms with van der Waals surface area (Å²) in [6, 6.07) is 9.54. The molecule has 4 nitrogen and oxygen atoms in total. The van der Waals surface area contributed by atoms with E-state index in [9.17, 15) is 5.11 Å². The van der Waals surface area contributed by atoms with Gasteiger partial charge in [0.25, 0.3) is 0 Å². The molecule has 0 bridgehead atoms. The van der Waals surface area contributed by atoms with Crippen LogP contribution in [0.15, 0.2) is 42.7 Å². The number of phenols is 1. The van der Waals surface area contributed by atoms with E-state index in [0.29, 0.717) is 5.75 Å². The van der Waals surface area contributed by atoms with E-state index in [4.69, 9.17) is 4.74 Å². The Balaban J connectivity index is 2.10. The molecule has 0 aliphatic heterocycles. The molecule has 0 amide bonds. The number of ether oxygens (including phenoxy) is 1. The Kier molecular flexibility index (Phi) is 4.58. The zero-order chi connectivity index (χ0) is 14.5. The summed E-state index contributed by atoms with van der Waals surface area (Å²) in [6.45, 7) is 4.12. The van der Waals surface area contributed by atoms with Gasteiger partial charge in [-0.1, -0.05) is 6.07 Å². The lowest BCUT2D eigenvalue weighted by Gasteiger charge is -2.21. The molecular weight excluding hydrogens is 252 g/mol. The minimum Gasteiger partial charge on any atom is -0.507 e. The van der Waals surface area contributed by atoms with E-state index < -0.39 is 0 Å². The topological polar surface area (TPSA) is 54.4 Å². The van der Waals surface area contributed by atoms with Crippen molar-refractivity contribution in [2.24, 2.45) is 0 Å². The molecule has 1 aromatic heterocycles. The normalized spacial score (nSPS) is 13.8. The molecule has 0 aliphatic rings. The Hall–Kier alpha value is -2.07. The van der Waals surface area contributed by atoms with Crippen molar-refractivity contribution in [2.45, 2.75) is 25.9 Å². The second kappa shape index (κ2) is 6.39. The molecule has 2 N–H and O–H groups in total. The Morgan fingerprint density at radius 1 is 1.10 bits per heavy atom. The van der Waals surface area contributed by atoms with Crippen LogP contribution in [0.5, 0.6) is 11.5 Å². The number of phenolic OH excluding ortho intramolecular Hbond substituents is 1. The summed E-state index contributed by atoms with van der Waals surface area (Å²) in [4.78, 5) is 4.02. The van der Waals surface area contributed by atoms with E-state index in [0.717, 1.165) is 5.56 Å². The average molecular weight is 272 g/mol. The van der Waals surface area contributed by atoms with E-state index >= 15 is 0 Å². The van der Waals surface area contributed by atoms with Gasteiger partial charge in [0.15, 0.2) is 0 Å². The molecule has 2 atom stereocenters. The van der Waals surface area contributed by atoms with Crippen LogP contribution >= 0.6 is 0 Å². The number of pyridine rings is 1. The summed E-state index contributed by atoms with van der Waals surface area (Å²) in [5.74, 6) is 0.895. The van der Waals surface area contributed by atoms with Crippen LogP contribution in [0, 0.1) is 0 Å². The molecule has 1 heterocycles. The maximum atomic E-state index is 10.0. The SMILES string of the molecule is COc1ccc(C(C)N[C@@H](C)c2ccncc2)c(O)c1. The van der Waals surface area contributed by atoms with Gasteiger partial charge in [0.2, 0.25) is 0 Å². The van der Waals surface area contributed by atoms with Crippen LogP contribution in [-0.4, -0.2) is 17.2 Å². The largest absolute Gasteiger partial charge is 0.507 e. The van der Waals surface area contributed by atoms with Crippen molar-refractivity contribution < 1.29 is 9.84 Å². The highest BCUT2D eigenvalue weighted by Gasteiger charge is 2.14. The number of hydrogen-bond acceptors (Lipinski definition) is 4. The van der Waals surface area contributed by atoms with Gasteiger partial charge in [0.1, 0.15) is 11.5 Å². The Morgan fingerprint density at radius 3 is 2.40 bits per heavy atom. The first-order valence-corrected chi connectivity index (χ1v) is 6.64. The number of rotatable bonds is 5. The minimum atomic E-state index is 0.0315. The summed E-state index contributed by atoms with van der Waals surface area (Å²) < 4.78 is 5.09. The molecule has 2 rings (SSSR count). The first-order chi connectivity index (χ1) is 9.61. The maximum Gasteiger partial charge on any atom is 0.124 e. The molecule has 0 saturated carbocycles. The van der Waals surface area contributed by atoms with Gasteiger partial charge in [-0.25, -0.2) is 0 Å². The quantitative estimate of drug-likeness (QED) is 0.877.